The van der Waals surface area contributed by atoms with Crippen molar-refractivity contribution in [2.75, 3.05) is 13.1 Å². The van der Waals surface area contributed by atoms with Crippen LogP contribution >= 0.6 is 0 Å². The fourth-order valence-electron chi connectivity index (χ4n) is 3.92. The normalized spacial score (nSPS) is 18.3. The Morgan fingerprint density at radius 2 is 1.86 bits per heavy atom. The molecule has 0 radical (unpaired) electrons. The first-order valence-corrected chi connectivity index (χ1v) is 10.5. The second-order valence-electron chi connectivity index (χ2n) is 7.88. The molecule has 1 saturated heterocycles. The number of nitrogens with two attached hydrogens (primary N) is 1. The highest BCUT2D eigenvalue weighted by atomic mass is 16.2. The van der Waals surface area contributed by atoms with E-state index in [2.05, 4.69) is 48.6 Å². The largest absolute Gasteiger partial charge is 0.336 e. The average molecular weight is 380 g/mol. The average Bonchev–Trinajstić information content (AvgIpc) is 2.70. The summed E-state index contributed by atoms with van der Waals surface area (Å²) < 4.78 is 0. The highest BCUT2D eigenvalue weighted by Gasteiger charge is 2.29. The van der Waals surface area contributed by atoms with E-state index in [4.69, 9.17) is 5.73 Å². The lowest BCUT2D eigenvalue weighted by Crippen LogP contribution is -2.56. The van der Waals surface area contributed by atoms with Gasteiger partial charge in [-0.15, -0.1) is 0 Å². The third kappa shape index (κ3) is 5.91. The minimum Gasteiger partial charge on any atom is -0.336 e. The minimum atomic E-state index is -0.185. The molecule has 4 nitrogen and oxygen atoms in total. The van der Waals surface area contributed by atoms with Crippen molar-refractivity contribution in [3.8, 4) is 0 Å². The number of benzene rings is 2. The fraction of sp³-hybridized carbons (Fsp3) is 0.458. The van der Waals surface area contributed by atoms with Crippen LogP contribution in [0.5, 0.6) is 0 Å². The molecule has 2 aromatic rings. The highest BCUT2D eigenvalue weighted by molar-refractivity contribution is 5.82. The Labute approximate surface area is 169 Å². The lowest BCUT2D eigenvalue weighted by Gasteiger charge is -2.34. The molecule has 1 amide bonds. The molecule has 3 rings (SSSR count). The summed E-state index contributed by atoms with van der Waals surface area (Å²) in [6.45, 7) is 4.46. The maximum atomic E-state index is 12.9. The molecule has 0 unspecified atom stereocenters. The van der Waals surface area contributed by atoms with E-state index >= 15 is 0 Å². The summed E-state index contributed by atoms with van der Waals surface area (Å²) in [7, 11) is 0. The van der Waals surface area contributed by atoms with Crippen molar-refractivity contribution in [3.05, 3.63) is 71.3 Å². The van der Waals surface area contributed by atoms with Gasteiger partial charge in [-0.25, -0.2) is 0 Å². The van der Waals surface area contributed by atoms with Gasteiger partial charge in [-0.3, -0.25) is 4.79 Å². The molecule has 0 bridgehead atoms. The summed E-state index contributed by atoms with van der Waals surface area (Å²) >= 11 is 0. The fourth-order valence-corrected chi connectivity index (χ4v) is 3.92. The highest BCUT2D eigenvalue weighted by Crippen LogP contribution is 2.15. The van der Waals surface area contributed by atoms with E-state index in [0.29, 0.717) is 13.0 Å². The summed E-state index contributed by atoms with van der Waals surface area (Å²) in [6, 6.07) is 18.7. The second kappa shape index (κ2) is 10.4. The summed E-state index contributed by atoms with van der Waals surface area (Å²) in [5, 5.41) is 3.37. The van der Waals surface area contributed by atoms with Gasteiger partial charge in [-0.2, -0.15) is 0 Å². The molecule has 2 aromatic carbocycles. The van der Waals surface area contributed by atoms with Gasteiger partial charge in [0.1, 0.15) is 0 Å². The lowest BCUT2D eigenvalue weighted by molar-refractivity contribution is -0.136. The molecule has 1 aliphatic heterocycles. The number of aryl methyl sites for hydroxylation is 1. The van der Waals surface area contributed by atoms with Crippen LogP contribution in [0.15, 0.2) is 54.6 Å². The topological polar surface area (TPSA) is 58.4 Å². The molecule has 2 atom stereocenters. The zero-order valence-electron chi connectivity index (χ0n) is 16.9. The van der Waals surface area contributed by atoms with Gasteiger partial charge < -0.3 is 16.0 Å². The van der Waals surface area contributed by atoms with Crippen molar-refractivity contribution < 1.29 is 4.79 Å². The van der Waals surface area contributed by atoms with Gasteiger partial charge in [0.2, 0.25) is 5.91 Å². The van der Waals surface area contributed by atoms with Gasteiger partial charge in [0.15, 0.2) is 0 Å². The van der Waals surface area contributed by atoms with Crippen LogP contribution in [0.2, 0.25) is 0 Å². The number of amides is 1. The van der Waals surface area contributed by atoms with E-state index in [9.17, 15) is 4.79 Å². The summed E-state index contributed by atoms with van der Waals surface area (Å²) in [5.74, 6) is 0.169. The quantitative estimate of drug-likeness (QED) is 0.703. The maximum Gasteiger partial charge on any atom is 0.240 e. The first-order valence-electron chi connectivity index (χ1n) is 10.5. The second-order valence-corrected chi connectivity index (χ2v) is 7.88. The molecule has 4 heteroatoms. The third-order valence-corrected chi connectivity index (χ3v) is 5.45. The SMILES string of the molecule is CCCCc1cccc(C[C@H](N)C[C@@H]2NCCN(Cc3ccccc3)C2=O)c1. The number of piperazine rings is 1. The number of unbranched alkanes of at least 4 members (excludes halogenated alkanes) is 1. The maximum absolute atomic E-state index is 12.9. The van der Waals surface area contributed by atoms with Crippen molar-refractivity contribution >= 4 is 5.91 Å². The molecule has 0 aliphatic carbocycles. The Bertz CT molecular complexity index is 747. The molecule has 1 fully saturated rings. The van der Waals surface area contributed by atoms with Crippen LogP contribution in [0.3, 0.4) is 0 Å². The number of carbonyl (C=O) groups excluding carboxylic acids is 1. The van der Waals surface area contributed by atoms with Crippen molar-refractivity contribution in [1.29, 1.82) is 0 Å². The number of rotatable bonds is 9. The van der Waals surface area contributed by atoms with Crippen molar-refractivity contribution in [1.82, 2.24) is 10.2 Å². The number of nitrogens with one attached hydrogen (secondary N) is 1. The number of nitrogens with zero attached hydrogens (tertiary/aromatic N) is 1. The van der Waals surface area contributed by atoms with Crippen LogP contribution in [0, 0.1) is 0 Å². The van der Waals surface area contributed by atoms with Gasteiger partial charge in [-0.1, -0.05) is 67.9 Å². The minimum absolute atomic E-state index is 0.0282. The van der Waals surface area contributed by atoms with Crippen molar-refractivity contribution in [2.45, 2.75) is 57.7 Å². The van der Waals surface area contributed by atoms with Crippen LogP contribution in [0.4, 0.5) is 0 Å². The monoisotopic (exact) mass is 379 g/mol. The molecule has 0 spiro atoms. The standard InChI is InChI=1S/C24H33N3O/c1-2-3-8-19-11-7-12-21(15-19)16-22(25)17-23-24(28)27(14-13-26-23)18-20-9-5-4-6-10-20/h4-7,9-12,15,22-23,26H,2-3,8,13-14,16-18,25H2,1H3/t22-,23-/m0/s1. The van der Waals surface area contributed by atoms with E-state index in [-0.39, 0.29) is 18.0 Å². The molecular formula is C24H33N3O. The van der Waals surface area contributed by atoms with Crippen molar-refractivity contribution in [2.24, 2.45) is 5.73 Å². The van der Waals surface area contributed by atoms with Crippen LogP contribution in [-0.2, 0) is 24.2 Å². The Balaban J connectivity index is 1.54. The number of carbonyl (C=O) groups is 1. The van der Waals surface area contributed by atoms with Crippen LogP contribution in [0.1, 0.15) is 42.9 Å². The Morgan fingerprint density at radius 1 is 1.11 bits per heavy atom. The molecule has 0 saturated carbocycles. The molecule has 1 heterocycles. The number of hydrogen-bond donors (Lipinski definition) is 2. The van der Waals surface area contributed by atoms with E-state index in [1.807, 2.05) is 23.1 Å². The van der Waals surface area contributed by atoms with Gasteiger partial charge in [0.05, 0.1) is 6.04 Å². The van der Waals surface area contributed by atoms with Crippen LogP contribution in [-0.4, -0.2) is 36.0 Å². The van der Waals surface area contributed by atoms with Gasteiger partial charge in [-0.05, 0) is 42.4 Å². The smallest absolute Gasteiger partial charge is 0.240 e. The lowest BCUT2D eigenvalue weighted by atomic mass is 9.96. The molecule has 1 aliphatic rings. The zero-order chi connectivity index (χ0) is 19.8. The Hall–Kier alpha value is -2.17. The predicted molar refractivity (Wildman–Crippen MR) is 115 cm³/mol. The van der Waals surface area contributed by atoms with E-state index < -0.39 is 0 Å². The molecular weight excluding hydrogens is 346 g/mol. The summed E-state index contributed by atoms with van der Waals surface area (Å²) in [5.41, 5.74) is 10.3. The van der Waals surface area contributed by atoms with E-state index in [0.717, 1.165) is 25.9 Å². The molecule has 150 valence electrons. The summed E-state index contributed by atoms with van der Waals surface area (Å²) in [4.78, 5) is 14.9. The predicted octanol–water partition coefficient (Wildman–Crippen LogP) is 3.29. The first kappa shape index (κ1) is 20.6. The summed E-state index contributed by atoms with van der Waals surface area (Å²) in [6.07, 6.45) is 5.02. The van der Waals surface area contributed by atoms with Gasteiger partial charge in [0.25, 0.3) is 0 Å². The zero-order valence-corrected chi connectivity index (χ0v) is 16.9. The van der Waals surface area contributed by atoms with Crippen molar-refractivity contribution in [3.63, 3.8) is 0 Å². The molecule has 0 aromatic heterocycles. The number of hydrogen-bond acceptors (Lipinski definition) is 3. The Morgan fingerprint density at radius 3 is 2.64 bits per heavy atom. The van der Waals surface area contributed by atoms with E-state index in [1.165, 1.54) is 29.5 Å². The van der Waals surface area contributed by atoms with Gasteiger partial charge >= 0.3 is 0 Å². The molecule has 3 N–H and O–H groups in total. The van der Waals surface area contributed by atoms with Crippen LogP contribution in [0.25, 0.3) is 0 Å². The van der Waals surface area contributed by atoms with Crippen LogP contribution < -0.4 is 11.1 Å². The van der Waals surface area contributed by atoms with E-state index in [1.54, 1.807) is 0 Å². The third-order valence-electron chi connectivity index (χ3n) is 5.45. The Kier molecular flexibility index (Phi) is 7.63. The molecule has 28 heavy (non-hydrogen) atoms. The first-order chi connectivity index (χ1) is 13.7. The van der Waals surface area contributed by atoms with Gasteiger partial charge in [0, 0.05) is 25.7 Å².